The van der Waals surface area contributed by atoms with Crippen LogP contribution in [0.1, 0.15) is 44.6 Å². The maximum absolute atomic E-state index is 14.3. The van der Waals surface area contributed by atoms with E-state index >= 15 is 0 Å². The Hall–Kier alpha value is -4.75. The van der Waals surface area contributed by atoms with E-state index in [1.165, 1.54) is 21.3 Å². The van der Waals surface area contributed by atoms with Crippen LogP contribution < -0.4 is 14.2 Å². The van der Waals surface area contributed by atoms with Crippen molar-refractivity contribution in [3.63, 3.8) is 0 Å². The molecule has 0 spiro atoms. The summed E-state index contributed by atoms with van der Waals surface area (Å²) in [5, 5.41) is 21.5. The average Bonchev–Trinajstić information content (AvgIpc) is 3.27. The molecule has 2 aliphatic rings. The first-order valence-electron chi connectivity index (χ1n) is 12.2. The summed E-state index contributed by atoms with van der Waals surface area (Å²) in [4.78, 5) is 16.2. The predicted molar refractivity (Wildman–Crippen MR) is 142 cm³/mol. The van der Waals surface area contributed by atoms with Gasteiger partial charge in [-0.25, -0.2) is 0 Å². The van der Waals surface area contributed by atoms with Gasteiger partial charge in [0.05, 0.1) is 39.5 Å². The van der Waals surface area contributed by atoms with E-state index in [0.29, 0.717) is 28.4 Å². The van der Waals surface area contributed by atoms with E-state index in [1.54, 1.807) is 24.3 Å². The Balaban J connectivity index is 1.81. The lowest BCUT2D eigenvalue weighted by molar-refractivity contribution is 0.0874. The molecule has 7 heteroatoms. The highest BCUT2D eigenvalue weighted by atomic mass is 16.5. The molecule has 0 bridgehead atoms. The highest BCUT2D eigenvalue weighted by Crippen LogP contribution is 2.61. The number of nitrogens with zero attached hydrogens (tertiary/aromatic N) is 3. The highest BCUT2D eigenvalue weighted by molar-refractivity contribution is 6.02. The minimum atomic E-state index is -1.60. The molecule has 3 aromatic carbocycles. The molecule has 0 saturated carbocycles. The van der Waals surface area contributed by atoms with E-state index < -0.39 is 23.4 Å². The van der Waals surface area contributed by atoms with Crippen LogP contribution in [-0.4, -0.2) is 38.1 Å². The van der Waals surface area contributed by atoms with Crippen molar-refractivity contribution in [1.82, 2.24) is 4.90 Å². The molecule has 3 aromatic rings. The van der Waals surface area contributed by atoms with Crippen molar-refractivity contribution in [2.45, 2.75) is 24.9 Å². The number of hydrogen-bond acceptors (Lipinski definition) is 7. The molecule has 1 saturated heterocycles. The zero-order chi connectivity index (χ0) is 27.0. The van der Waals surface area contributed by atoms with Gasteiger partial charge < -0.3 is 19.1 Å². The minimum Gasteiger partial charge on any atom is -0.493 e. The van der Waals surface area contributed by atoms with Crippen molar-refractivity contribution in [1.29, 1.82) is 10.5 Å². The largest absolute Gasteiger partial charge is 0.493 e. The summed E-state index contributed by atoms with van der Waals surface area (Å²) >= 11 is 0. The maximum Gasteiger partial charge on any atom is 0.203 e. The summed E-state index contributed by atoms with van der Waals surface area (Å²) in [7, 11) is 4.53. The number of hydrogen-bond donors (Lipinski definition) is 0. The molecule has 2 heterocycles. The fraction of sp³-hybridized carbons (Fsp3) is 0.258. The summed E-state index contributed by atoms with van der Waals surface area (Å²) in [5.41, 5.74) is 2.26. The lowest BCUT2D eigenvalue weighted by Gasteiger charge is -2.34. The number of carbonyl (C=O) groups excluding carboxylic acids is 1. The summed E-state index contributed by atoms with van der Waals surface area (Å²) in [6, 6.07) is 21.7. The second kappa shape index (κ2) is 9.61. The van der Waals surface area contributed by atoms with Crippen LogP contribution in [0, 0.1) is 35.0 Å². The van der Waals surface area contributed by atoms with Crippen molar-refractivity contribution < 1.29 is 19.0 Å². The Kier molecular flexibility index (Phi) is 6.30. The molecule has 7 nitrogen and oxygen atoms in total. The second-order valence-electron chi connectivity index (χ2n) is 9.50. The minimum absolute atomic E-state index is 0.176. The Morgan fingerprint density at radius 1 is 0.921 bits per heavy atom. The van der Waals surface area contributed by atoms with E-state index in [4.69, 9.17) is 14.2 Å². The predicted octanol–water partition coefficient (Wildman–Crippen LogP) is 5.43. The van der Waals surface area contributed by atoms with Crippen molar-refractivity contribution in [3.05, 3.63) is 94.7 Å². The fourth-order valence-corrected chi connectivity index (χ4v) is 5.84. The molecule has 0 aromatic heterocycles. The Labute approximate surface area is 222 Å². The van der Waals surface area contributed by atoms with Crippen molar-refractivity contribution >= 4 is 11.9 Å². The molecule has 0 radical (unpaired) electrons. The molecule has 0 unspecified atom stereocenters. The number of nitriles is 2. The van der Waals surface area contributed by atoms with Crippen molar-refractivity contribution in [2.75, 3.05) is 21.3 Å². The molecular formula is C31H27N3O4. The molecular weight excluding hydrogens is 478 g/mol. The monoisotopic (exact) mass is 505 g/mol. The van der Waals surface area contributed by atoms with Gasteiger partial charge in [-0.3, -0.25) is 4.79 Å². The number of aryl methyl sites for hydroxylation is 1. The van der Waals surface area contributed by atoms with Crippen LogP contribution >= 0.6 is 0 Å². The van der Waals surface area contributed by atoms with E-state index in [2.05, 4.69) is 12.1 Å². The van der Waals surface area contributed by atoms with Gasteiger partial charge in [0, 0.05) is 17.7 Å². The molecule has 190 valence electrons. The molecule has 38 heavy (non-hydrogen) atoms. The summed E-state index contributed by atoms with van der Waals surface area (Å²) in [6.07, 6.45) is 3.77. The van der Waals surface area contributed by atoms with E-state index in [1.807, 2.05) is 60.5 Å². The van der Waals surface area contributed by atoms with Crippen LogP contribution in [0.2, 0.25) is 0 Å². The lowest BCUT2D eigenvalue weighted by atomic mass is 9.67. The van der Waals surface area contributed by atoms with E-state index in [9.17, 15) is 15.3 Å². The van der Waals surface area contributed by atoms with Gasteiger partial charge >= 0.3 is 0 Å². The molecule has 2 aliphatic heterocycles. The molecule has 0 aliphatic carbocycles. The third-order valence-electron chi connectivity index (χ3n) is 7.59. The second-order valence-corrected chi connectivity index (χ2v) is 9.50. The molecule has 5 rings (SSSR count). The third-order valence-corrected chi connectivity index (χ3v) is 7.59. The summed E-state index contributed by atoms with van der Waals surface area (Å²) < 4.78 is 16.7. The third kappa shape index (κ3) is 3.59. The van der Waals surface area contributed by atoms with Gasteiger partial charge in [0.2, 0.25) is 5.75 Å². The zero-order valence-electron chi connectivity index (χ0n) is 21.6. The van der Waals surface area contributed by atoms with E-state index in [0.717, 1.165) is 16.7 Å². The number of carbonyl (C=O) groups is 1. The number of fused-ring (bicyclic) bond motifs is 3. The number of methoxy groups -OCH3 is 3. The van der Waals surface area contributed by atoms with Gasteiger partial charge in [-0.1, -0.05) is 54.1 Å². The number of benzene rings is 3. The van der Waals surface area contributed by atoms with Gasteiger partial charge in [0.15, 0.2) is 22.7 Å². The number of rotatable bonds is 6. The first kappa shape index (κ1) is 24.9. The van der Waals surface area contributed by atoms with Crippen LogP contribution in [0.5, 0.6) is 17.2 Å². The fourth-order valence-electron chi connectivity index (χ4n) is 5.84. The van der Waals surface area contributed by atoms with Gasteiger partial charge in [0.1, 0.15) is 6.04 Å². The topological polar surface area (TPSA) is 95.6 Å². The quantitative estimate of drug-likeness (QED) is 0.412. The number of ether oxygens (including phenoxy) is 3. The van der Waals surface area contributed by atoms with Crippen LogP contribution in [0.3, 0.4) is 0 Å². The average molecular weight is 506 g/mol. The van der Waals surface area contributed by atoms with E-state index in [-0.39, 0.29) is 5.78 Å². The zero-order valence-corrected chi connectivity index (χ0v) is 21.6. The normalized spacial score (nSPS) is 20.5. The maximum atomic E-state index is 14.3. The van der Waals surface area contributed by atoms with Gasteiger partial charge in [-0.2, -0.15) is 10.5 Å². The van der Waals surface area contributed by atoms with Crippen LogP contribution in [0.4, 0.5) is 0 Å². The summed E-state index contributed by atoms with van der Waals surface area (Å²) in [6.45, 7) is 1.96. The SMILES string of the molecule is COc1cc([C@H]2[C@H](C(=O)c3ccc(C)cc3)N3C=Cc4ccccc4[C@H]3C2(C#N)C#N)cc(OC)c1OC. The molecule has 1 fully saturated rings. The number of ketones is 1. The Morgan fingerprint density at radius 3 is 2.13 bits per heavy atom. The number of Topliss-reactive ketones (excluding diaryl/α,β-unsaturated/α-hetero) is 1. The highest BCUT2D eigenvalue weighted by Gasteiger charge is 2.64. The van der Waals surface area contributed by atoms with Gasteiger partial charge in [0.25, 0.3) is 0 Å². The molecule has 0 N–H and O–H groups in total. The van der Waals surface area contributed by atoms with Crippen molar-refractivity contribution in [3.8, 4) is 29.4 Å². The first-order chi connectivity index (χ1) is 18.4. The van der Waals surface area contributed by atoms with Gasteiger partial charge in [-0.15, -0.1) is 0 Å². The lowest BCUT2D eigenvalue weighted by Crippen LogP contribution is -2.37. The Morgan fingerprint density at radius 2 is 1.55 bits per heavy atom. The van der Waals surface area contributed by atoms with Gasteiger partial charge in [-0.05, 0) is 41.8 Å². The van der Waals surface area contributed by atoms with Crippen molar-refractivity contribution in [2.24, 2.45) is 5.41 Å². The Bertz CT molecular complexity index is 1470. The standard InChI is InChI=1S/C31H27N3O4/c1-19-9-11-21(12-10-19)28(35)27-26(22-15-24(36-2)29(38-4)25(16-22)37-3)31(17-32,18-33)30-23-8-6-5-7-20(23)13-14-34(27)30/h5-16,26-27,30H,1-4H3/t26-,27+,30-/m0/s1. The van der Waals surface area contributed by atoms with Crippen LogP contribution in [0.25, 0.3) is 6.08 Å². The molecule has 3 atom stereocenters. The summed E-state index contributed by atoms with van der Waals surface area (Å²) in [5.74, 6) is 0.148. The van der Waals surface area contributed by atoms with Crippen LogP contribution in [0.15, 0.2) is 66.9 Å². The molecule has 0 amide bonds. The first-order valence-corrected chi connectivity index (χ1v) is 12.2. The van der Waals surface area contributed by atoms with Crippen LogP contribution in [-0.2, 0) is 0 Å². The smallest absolute Gasteiger partial charge is 0.203 e.